The van der Waals surface area contributed by atoms with Gasteiger partial charge in [0.15, 0.2) is 0 Å². The first kappa shape index (κ1) is 16.0. The first-order valence-electron chi connectivity index (χ1n) is 8.15. The highest BCUT2D eigenvalue weighted by atomic mass is 32.1. The number of likely N-dealkylation sites (tertiary alicyclic amines) is 1. The Morgan fingerprint density at radius 1 is 1.13 bits per heavy atom. The Bertz CT molecular complexity index is 594. The van der Waals surface area contributed by atoms with Gasteiger partial charge in [-0.25, -0.2) is 4.79 Å². The number of carbonyl (C=O) groups is 1. The van der Waals surface area contributed by atoms with Crippen molar-refractivity contribution in [3.8, 4) is 0 Å². The van der Waals surface area contributed by atoms with Gasteiger partial charge in [-0.1, -0.05) is 30.3 Å². The molecule has 1 aromatic carbocycles. The molecule has 3 rings (SSSR count). The second-order valence-electron chi connectivity index (χ2n) is 5.86. The van der Waals surface area contributed by atoms with Crippen LogP contribution in [0, 0.1) is 0 Å². The Morgan fingerprint density at radius 2 is 1.91 bits per heavy atom. The Kier molecular flexibility index (Phi) is 5.66. The third-order valence-corrected chi connectivity index (χ3v) is 4.99. The second-order valence-corrected chi connectivity index (χ2v) is 6.64. The number of nitrogens with zero attached hydrogens (tertiary/aromatic N) is 1. The number of carbonyl (C=O) groups excluding carboxylic acids is 1. The van der Waals surface area contributed by atoms with Gasteiger partial charge in [0.1, 0.15) is 0 Å². The van der Waals surface area contributed by atoms with Crippen molar-refractivity contribution in [1.29, 1.82) is 0 Å². The van der Waals surface area contributed by atoms with E-state index in [1.807, 2.05) is 17.5 Å². The molecule has 1 saturated heterocycles. The minimum absolute atomic E-state index is 0.101. The van der Waals surface area contributed by atoms with Gasteiger partial charge in [-0.2, -0.15) is 11.3 Å². The standard InChI is InChI=1S/C18H23N3OS/c22-18(19-12-15-8-11-23-14-15)20-13-17(21-9-4-5-10-21)16-6-2-1-3-7-16/h1-3,6-8,11,14,17H,4-5,9-10,12-13H2,(H2,19,20,22). The third-order valence-electron chi connectivity index (χ3n) is 4.25. The summed E-state index contributed by atoms with van der Waals surface area (Å²) in [5, 5.41) is 10.0. The van der Waals surface area contributed by atoms with Gasteiger partial charge in [0.05, 0.1) is 6.04 Å². The lowest BCUT2D eigenvalue weighted by molar-refractivity contribution is 0.220. The van der Waals surface area contributed by atoms with E-state index in [4.69, 9.17) is 0 Å². The van der Waals surface area contributed by atoms with Gasteiger partial charge in [-0.3, -0.25) is 4.90 Å². The van der Waals surface area contributed by atoms with Crippen LogP contribution in [0.4, 0.5) is 4.79 Å². The normalized spacial score (nSPS) is 16.2. The summed E-state index contributed by atoms with van der Waals surface area (Å²) < 4.78 is 0. The fourth-order valence-corrected chi connectivity index (χ4v) is 3.68. The van der Waals surface area contributed by atoms with Crippen LogP contribution in [0.5, 0.6) is 0 Å². The highest BCUT2D eigenvalue weighted by Crippen LogP contribution is 2.24. The van der Waals surface area contributed by atoms with Crippen molar-refractivity contribution >= 4 is 17.4 Å². The number of benzene rings is 1. The summed E-state index contributed by atoms with van der Waals surface area (Å²) in [7, 11) is 0. The lowest BCUT2D eigenvalue weighted by Crippen LogP contribution is -2.41. The molecule has 0 aliphatic carbocycles. The molecule has 1 aliphatic heterocycles. The molecule has 23 heavy (non-hydrogen) atoms. The zero-order valence-electron chi connectivity index (χ0n) is 13.2. The number of rotatable bonds is 6. The van der Waals surface area contributed by atoms with E-state index in [-0.39, 0.29) is 12.1 Å². The molecule has 2 aromatic rings. The average molecular weight is 329 g/mol. The predicted molar refractivity (Wildman–Crippen MR) is 94.5 cm³/mol. The molecule has 4 nitrogen and oxygen atoms in total. The molecular weight excluding hydrogens is 306 g/mol. The lowest BCUT2D eigenvalue weighted by Gasteiger charge is -2.28. The van der Waals surface area contributed by atoms with E-state index in [1.54, 1.807) is 11.3 Å². The van der Waals surface area contributed by atoms with E-state index in [0.29, 0.717) is 13.1 Å². The van der Waals surface area contributed by atoms with Crippen molar-refractivity contribution in [2.75, 3.05) is 19.6 Å². The van der Waals surface area contributed by atoms with Crippen molar-refractivity contribution in [2.45, 2.75) is 25.4 Å². The maximum absolute atomic E-state index is 12.1. The molecule has 1 atom stereocenters. The Balaban J connectivity index is 1.54. The van der Waals surface area contributed by atoms with E-state index < -0.39 is 0 Å². The monoisotopic (exact) mass is 329 g/mol. The molecule has 2 N–H and O–H groups in total. The highest BCUT2D eigenvalue weighted by molar-refractivity contribution is 7.07. The van der Waals surface area contributed by atoms with Crippen molar-refractivity contribution in [3.63, 3.8) is 0 Å². The number of amides is 2. The molecule has 1 aliphatic rings. The summed E-state index contributed by atoms with van der Waals surface area (Å²) in [6.07, 6.45) is 2.49. The maximum Gasteiger partial charge on any atom is 0.315 e. The van der Waals surface area contributed by atoms with Gasteiger partial charge < -0.3 is 10.6 Å². The van der Waals surface area contributed by atoms with Crippen LogP contribution in [0.3, 0.4) is 0 Å². The Labute approximate surface area is 141 Å². The first-order valence-corrected chi connectivity index (χ1v) is 9.09. The van der Waals surface area contributed by atoms with Crippen LogP contribution < -0.4 is 10.6 Å². The second kappa shape index (κ2) is 8.13. The summed E-state index contributed by atoms with van der Waals surface area (Å²) in [6, 6.07) is 12.6. The van der Waals surface area contributed by atoms with Crippen molar-refractivity contribution < 1.29 is 4.79 Å². The minimum Gasteiger partial charge on any atom is -0.336 e. The molecule has 5 heteroatoms. The maximum atomic E-state index is 12.1. The predicted octanol–water partition coefficient (Wildman–Crippen LogP) is 3.38. The van der Waals surface area contributed by atoms with Crippen molar-refractivity contribution in [1.82, 2.24) is 15.5 Å². The molecule has 1 unspecified atom stereocenters. The highest BCUT2D eigenvalue weighted by Gasteiger charge is 2.23. The SMILES string of the molecule is O=C(NCc1ccsc1)NCC(c1ccccc1)N1CCCC1. The molecule has 1 aromatic heterocycles. The van der Waals surface area contributed by atoms with Gasteiger partial charge in [0.25, 0.3) is 0 Å². The smallest absolute Gasteiger partial charge is 0.315 e. The number of urea groups is 1. The van der Waals surface area contributed by atoms with Crippen molar-refractivity contribution in [3.05, 3.63) is 58.3 Å². The van der Waals surface area contributed by atoms with Crippen LogP contribution in [0.25, 0.3) is 0 Å². The van der Waals surface area contributed by atoms with Gasteiger partial charge >= 0.3 is 6.03 Å². The third kappa shape index (κ3) is 4.56. The van der Waals surface area contributed by atoms with Crippen LogP contribution in [0.2, 0.25) is 0 Å². The zero-order chi connectivity index (χ0) is 15.9. The van der Waals surface area contributed by atoms with Gasteiger partial charge in [0, 0.05) is 13.1 Å². The molecule has 0 spiro atoms. The molecule has 0 saturated carbocycles. The van der Waals surface area contributed by atoms with E-state index in [2.05, 4.69) is 45.2 Å². The molecule has 0 bridgehead atoms. The van der Waals surface area contributed by atoms with Crippen molar-refractivity contribution in [2.24, 2.45) is 0 Å². The van der Waals surface area contributed by atoms with Crippen LogP contribution >= 0.6 is 11.3 Å². The number of hydrogen-bond donors (Lipinski definition) is 2. The van der Waals surface area contributed by atoms with E-state index in [0.717, 1.165) is 18.7 Å². The number of thiophene rings is 1. The Hall–Kier alpha value is -1.85. The molecule has 2 heterocycles. The minimum atomic E-state index is -0.101. The van der Waals surface area contributed by atoms with E-state index >= 15 is 0 Å². The van der Waals surface area contributed by atoms with Crippen LogP contribution in [-0.4, -0.2) is 30.6 Å². The average Bonchev–Trinajstić information content (AvgIpc) is 3.28. The van der Waals surface area contributed by atoms with Crippen LogP contribution in [-0.2, 0) is 6.54 Å². The topological polar surface area (TPSA) is 44.4 Å². The summed E-state index contributed by atoms with van der Waals surface area (Å²) in [5.74, 6) is 0. The first-order chi connectivity index (χ1) is 11.3. The molecular formula is C18H23N3OS. The lowest BCUT2D eigenvalue weighted by atomic mass is 10.1. The summed E-state index contributed by atoms with van der Waals surface area (Å²) >= 11 is 1.65. The number of nitrogens with one attached hydrogen (secondary N) is 2. The molecule has 0 radical (unpaired) electrons. The van der Waals surface area contributed by atoms with Gasteiger partial charge in [-0.05, 0) is 53.9 Å². The Morgan fingerprint density at radius 3 is 2.61 bits per heavy atom. The van der Waals surface area contributed by atoms with Gasteiger partial charge in [0.2, 0.25) is 0 Å². The summed E-state index contributed by atoms with van der Waals surface area (Å²) in [6.45, 7) is 3.43. The molecule has 1 fully saturated rings. The summed E-state index contributed by atoms with van der Waals surface area (Å²) in [5.41, 5.74) is 2.41. The van der Waals surface area contributed by atoms with E-state index in [9.17, 15) is 4.79 Å². The zero-order valence-corrected chi connectivity index (χ0v) is 14.0. The van der Waals surface area contributed by atoms with Gasteiger partial charge in [-0.15, -0.1) is 0 Å². The fourth-order valence-electron chi connectivity index (χ4n) is 3.01. The van der Waals surface area contributed by atoms with Crippen LogP contribution in [0.15, 0.2) is 47.2 Å². The largest absolute Gasteiger partial charge is 0.336 e. The summed E-state index contributed by atoms with van der Waals surface area (Å²) in [4.78, 5) is 14.5. The molecule has 122 valence electrons. The van der Waals surface area contributed by atoms with Crippen LogP contribution in [0.1, 0.15) is 30.0 Å². The quantitative estimate of drug-likeness (QED) is 0.853. The van der Waals surface area contributed by atoms with E-state index in [1.165, 1.54) is 18.4 Å². The fraction of sp³-hybridized carbons (Fsp3) is 0.389. The number of hydrogen-bond acceptors (Lipinski definition) is 3. The molecule has 2 amide bonds.